The maximum absolute atomic E-state index is 5.22. The first-order valence-corrected chi connectivity index (χ1v) is 12.3. The van der Waals surface area contributed by atoms with Crippen LogP contribution in [0.1, 0.15) is 41.7 Å². The second kappa shape index (κ2) is 6.60. The molecule has 3 aromatic heterocycles. The summed E-state index contributed by atoms with van der Waals surface area (Å²) in [7, 11) is 2.20. The molecule has 0 fully saturated rings. The van der Waals surface area contributed by atoms with Gasteiger partial charge in [0.1, 0.15) is 5.69 Å². The van der Waals surface area contributed by atoms with Gasteiger partial charge in [0.25, 0.3) is 5.82 Å². The average molecular weight is 458 g/mol. The van der Waals surface area contributed by atoms with Gasteiger partial charge < -0.3 is 0 Å². The van der Waals surface area contributed by atoms with Gasteiger partial charge in [-0.05, 0) is 55.7 Å². The first kappa shape index (κ1) is 20.5. The van der Waals surface area contributed by atoms with E-state index in [1.54, 1.807) is 0 Å². The van der Waals surface area contributed by atoms with Crippen LogP contribution in [0.3, 0.4) is 0 Å². The molecule has 4 heteroatoms. The molecule has 0 spiro atoms. The number of benzene rings is 3. The summed E-state index contributed by atoms with van der Waals surface area (Å²) >= 11 is 0. The number of aromatic nitrogens is 4. The molecule has 1 aliphatic rings. The molecule has 6 aromatic rings. The van der Waals surface area contributed by atoms with Crippen LogP contribution < -0.4 is 4.57 Å². The highest BCUT2D eigenvalue weighted by molar-refractivity contribution is 5.94. The van der Waals surface area contributed by atoms with Gasteiger partial charge in [-0.25, -0.2) is 4.57 Å². The highest BCUT2D eigenvalue weighted by Gasteiger charge is 2.40. The van der Waals surface area contributed by atoms with Crippen LogP contribution in [0.4, 0.5) is 0 Å². The number of aryl methyl sites for hydroxylation is 3. The van der Waals surface area contributed by atoms with Crippen LogP contribution >= 0.6 is 0 Å². The van der Waals surface area contributed by atoms with E-state index >= 15 is 0 Å². The first-order chi connectivity index (χ1) is 16.8. The van der Waals surface area contributed by atoms with Gasteiger partial charge in [0.05, 0.1) is 23.6 Å². The Labute approximate surface area is 205 Å². The van der Waals surface area contributed by atoms with E-state index < -0.39 is 0 Å². The minimum absolute atomic E-state index is 0.0259. The van der Waals surface area contributed by atoms with E-state index in [1.807, 2.05) is 0 Å². The largest absolute Gasteiger partial charge is 0.312 e. The second-order valence-corrected chi connectivity index (χ2v) is 10.6. The van der Waals surface area contributed by atoms with Gasteiger partial charge in [-0.2, -0.15) is 9.55 Å². The van der Waals surface area contributed by atoms with Gasteiger partial charge in [-0.3, -0.25) is 4.40 Å². The van der Waals surface area contributed by atoms with Crippen molar-refractivity contribution >= 4 is 27.8 Å². The molecule has 0 radical (unpaired) electrons. The van der Waals surface area contributed by atoms with E-state index in [2.05, 4.69) is 122 Å². The van der Waals surface area contributed by atoms with Crippen molar-refractivity contribution in [1.82, 2.24) is 14.0 Å². The molecule has 0 amide bonds. The normalized spacial score (nSPS) is 14.2. The smallest absolute Gasteiger partial charge is 0.254 e. The molecule has 0 saturated heterocycles. The fourth-order valence-electron chi connectivity index (χ4n) is 6.26. The molecule has 1 aliphatic carbocycles. The molecule has 0 atom stereocenters. The van der Waals surface area contributed by atoms with Crippen molar-refractivity contribution in [2.24, 2.45) is 7.05 Å². The van der Waals surface area contributed by atoms with Crippen LogP contribution in [0.2, 0.25) is 0 Å². The summed E-state index contributed by atoms with van der Waals surface area (Å²) in [5, 5.41) is 0. The summed E-state index contributed by atoms with van der Waals surface area (Å²) in [4.78, 5) is 5.22. The fraction of sp³-hybridized carbons (Fsp3) is 0.226. The lowest BCUT2D eigenvalue weighted by atomic mass is 9.83. The summed E-state index contributed by atoms with van der Waals surface area (Å²) in [5.74, 6) is 2.08. The zero-order valence-corrected chi connectivity index (χ0v) is 21.1. The summed E-state index contributed by atoms with van der Waals surface area (Å²) in [6, 6.07) is 24.4. The van der Waals surface area contributed by atoms with Crippen molar-refractivity contribution in [1.29, 1.82) is 0 Å². The third-order valence-corrected chi connectivity index (χ3v) is 8.31. The highest BCUT2D eigenvalue weighted by atomic mass is 15.3. The molecular formula is C31H29N4+. The van der Waals surface area contributed by atoms with Gasteiger partial charge in [0.15, 0.2) is 5.52 Å². The molecule has 0 unspecified atom stereocenters. The zero-order valence-electron chi connectivity index (χ0n) is 21.1. The van der Waals surface area contributed by atoms with Crippen molar-refractivity contribution in [3.05, 3.63) is 94.5 Å². The fourth-order valence-corrected chi connectivity index (χ4v) is 6.26. The number of imidazole rings is 2. The monoisotopic (exact) mass is 457 g/mol. The maximum Gasteiger partial charge on any atom is 0.312 e. The first-order valence-electron chi connectivity index (χ1n) is 12.3. The van der Waals surface area contributed by atoms with Crippen LogP contribution in [-0.4, -0.2) is 14.0 Å². The number of rotatable bonds is 1. The van der Waals surface area contributed by atoms with E-state index in [0.717, 1.165) is 22.6 Å². The summed E-state index contributed by atoms with van der Waals surface area (Å²) in [5.41, 5.74) is 13.7. The molecular weight excluding hydrogens is 428 g/mol. The average Bonchev–Trinajstić information content (AvgIpc) is 3.44. The van der Waals surface area contributed by atoms with E-state index in [9.17, 15) is 0 Å². The molecule has 0 saturated carbocycles. The van der Waals surface area contributed by atoms with Crippen LogP contribution in [0.5, 0.6) is 0 Å². The number of hydrogen-bond donors (Lipinski definition) is 0. The van der Waals surface area contributed by atoms with E-state index in [1.165, 1.54) is 50.1 Å². The Morgan fingerprint density at radius 2 is 1.57 bits per heavy atom. The molecule has 7 rings (SSSR count). The lowest BCUT2D eigenvalue weighted by molar-refractivity contribution is -0.654. The Kier molecular flexibility index (Phi) is 3.86. The van der Waals surface area contributed by atoms with Crippen LogP contribution in [-0.2, 0) is 12.5 Å². The Morgan fingerprint density at radius 3 is 2.40 bits per heavy atom. The predicted octanol–water partition coefficient (Wildman–Crippen LogP) is 6.49. The molecule has 4 nitrogen and oxygen atoms in total. The summed E-state index contributed by atoms with van der Waals surface area (Å²) in [6.07, 6.45) is 0. The third kappa shape index (κ3) is 2.42. The summed E-state index contributed by atoms with van der Waals surface area (Å²) < 4.78 is 7.07. The van der Waals surface area contributed by atoms with Crippen molar-refractivity contribution in [2.75, 3.05) is 0 Å². The topological polar surface area (TPSA) is 26.1 Å². The van der Waals surface area contributed by atoms with Crippen molar-refractivity contribution in [3.63, 3.8) is 0 Å². The van der Waals surface area contributed by atoms with E-state index in [4.69, 9.17) is 4.98 Å². The predicted molar refractivity (Wildman–Crippen MR) is 142 cm³/mol. The molecule has 0 N–H and O–H groups in total. The number of para-hydroxylation sites is 1. The highest BCUT2D eigenvalue weighted by Crippen LogP contribution is 2.47. The SMILES string of the molecule is Cc1ccc2c(c1C)n(-c1ccc3c([n+]1C)-c1ccccc1C3(C)C)c1nc3c(C)cccc3n21. The molecule has 0 aliphatic heterocycles. The minimum atomic E-state index is -0.0259. The second-order valence-electron chi connectivity index (χ2n) is 10.6. The Balaban J connectivity index is 1.67. The standard InChI is InChI=1S/C31H29N4/c1-18-14-16-25-28(20(18)3)35(30-32-27-19(2)10-9-13-24(27)34(25)30)26-17-15-23-29(33(26)6)21-11-7-8-12-22(21)31(23,4)5/h7-17H,1-6H3/q+1. The molecule has 35 heavy (non-hydrogen) atoms. The third-order valence-electron chi connectivity index (χ3n) is 8.31. The lowest BCUT2D eigenvalue weighted by Gasteiger charge is -2.20. The van der Waals surface area contributed by atoms with Gasteiger partial charge >= 0.3 is 5.78 Å². The van der Waals surface area contributed by atoms with Gasteiger partial charge in [-0.1, -0.05) is 56.3 Å². The van der Waals surface area contributed by atoms with Crippen LogP contribution in [0.25, 0.3) is 44.9 Å². The van der Waals surface area contributed by atoms with Crippen LogP contribution in [0.15, 0.2) is 66.7 Å². The van der Waals surface area contributed by atoms with E-state index in [-0.39, 0.29) is 5.41 Å². The van der Waals surface area contributed by atoms with Crippen molar-refractivity contribution < 1.29 is 4.57 Å². The van der Waals surface area contributed by atoms with Gasteiger partial charge in [0.2, 0.25) is 0 Å². The van der Waals surface area contributed by atoms with Gasteiger partial charge in [0, 0.05) is 28.2 Å². The molecule has 172 valence electrons. The molecule has 3 heterocycles. The minimum Gasteiger partial charge on any atom is -0.254 e. The number of pyridine rings is 1. The summed E-state index contributed by atoms with van der Waals surface area (Å²) in [6.45, 7) is 11.2. The van der Waals surface area contributed by atoms with Crippen molar-refractivity contribution in [2.45, 2.75) is 40.0 Å². The number of hydrogen-bond acceptors (Lipinski definition) is 1. The number of nitrogens with zero attached hydrogens (tertiary/aromatic N) is 4. The van der Waals surface area contributed by atoms with Gasteiger partial charge in [-0.15, -0.1) is 0 Å². The quantitative estimate of drug-likeness (QED) is 0.259. The Hall–Kier alpha value is -3.92. The van der Waals surface area contributed by atoms with E-state index in [0.29, 0.717) is 0 Å². The lowest BCUT2D eigenvalue weighted by Crippen LogP contribution is -2.37. The maximum atomic E-state index is 5.22. The van der Waals surface area contributed by atoms with Crippen LogP contribution in [0, 0.1) is 20.8 Å². The molecule has 0 bridgehead atoms. The Morgan fingerprint density at radius 1 is 0.771 bits per heavy atom. The zero-order chi connectivity index (χ0) is 24.2. The molecule has 3 aromatic carbocycles. The Bertz CT molecular complexity index is 1860. The van der Waals surface area contributed by atoms with Crippen molar-refractivity contribution in [3.8, 4) is 17.1 Å². The number of fused-ring (bicyclic) bond motifs is 8.